The Morgan fingerprint density at radius 1 is 1.58 bits per heavy atom. The zero-order chi connectivity index (χ0) is 13.7. The Morgan fingerprint density at radius 2 is 2.42 bits per heavy atom. The van der Waals surface area contributed by atoms with Crippen LogP contribution in [0, 0.1) is 0 Å². The Balaban J connectivity index is 2.06. The van der Waals surface area contributed by atoms with Gasteiger partial charge < -0.3 is 15.2 Å². The van der Waals surface area contributed by atoms with Crippen molar-refractivity contribution in [3.05, 3.63) is 28.8 Å². The fourth-order valence-electron chi connectivity index (χ4n) is 2.29. The van der Waals surface area contributed by atoms with Crippen LogP contribution in [-0.2, 0) is 4.74 Å². The van der Waals surface area contributed by atoms with Gasteiger partial charge in [-0.05, 0) is 42.4 Å². The van der Waals surface area contributed by atoms with E-state index in [9.17, 15) is 5.11 Å². The van der Waals surface area contributed by atoms with Crippen LogP contribution in [0.25, 0.3) is 0 Å². The molecule has 1 aliphatic rings. The van der Waals surface area contributed by atoms with Crippen molar-refractivity contribution in [2.45, 2.75) is 29.9 Å². The summed E-state index contributed by atoms with van der Waals surface area (Å²) in [5, 5.41) is 13.9. The van der Waals surface area contributed by atoms with Gasteiger partial charge in [0.25, 0.3) is 0 Å². The fraction of sp³-hybridized carbons (Fsp3) is 0.571. The lowest BCUT2D eigenvalue weighted by Gasteiger charge is -2.21. The number of methoxy groups -OCH3 is 1. The topological polar surface area (TPSA) is 41.5 Å². The van der Waals surface area contributed by atoms with Crippen molar-refractivity contribution in [3.63, 3.8) is 0 Å². The summed E-state index contributed by atoms with van der Waals surface area (Å²) in [5.74, 6) is 1.13. The van der Waals surface area contributed by atoms with Crippen molar-refractivity contribution >= 4 is 23.4 Å². The molecule has 2 N–H and O–H groups in total. The first-order chi connectivity index (χ1) is 9.20. The molecule has 2 rings (SSSR count). The number of hydrogen-bond acceptors (Lipinski definition) is 4. The molecule has 1 aliphatic heterocycles. The Hall–Kier alpha value is -0.260. The van der Waals surface area contributed by atoms with Crippen LogP contribution in [-0.4, -0.2) is 37.2 Å². The van der Waals surface area contributed by atoms with E-state index in [4.69, 9.17) is 16.3 Å². The van der Waals surface area contributed by atoms with Crippen molar-refractivity contribution in [1.29, 1.82) is 0 Å². The monoisotopic (exact) mass is 301 g/mol. The number of halogens is 1. The van der Waals surface area contributed by atoms with E-state index in [1.54, 1.807) is 7.11 Å². The lowest BCUT2D eigenvalue weighted by Crippen LogP contribution is -2.33. The van der Waals surface area contributed by atoms with Crippen LogP contribution < -0.4 is 5.32 Å². The van der Waals surface area contributed by atoms with Crippen LogP contribution in [0.3, 0.4) is 0 Å². The molecule has 0 aromatic heterocycles. The molecule has 1 aromatic rings. The van der Waals surface area contributed by atoms with E-state index in [0.29, 0.717) is 13.2 Å². The molecule has 3 nitrogen and oxygen atoms in total. The Morgan fingerprint density at radius 3 is 3.21 bits per heavy atom. The molecule has 0 saturated carbocycles. The van der Waals surface area contributed by atoms with Gasteiger partial charge in [0.15, 0.2) is 0 Å². The van der Waals surface area contributed by atoms with Crippen LogP contribution in [0.15, 0.2) is 23.1 Å². The smallest absolute Gasteiger partial charge is 0.0897 e. The predicted octanol–water partition coefficient (Wildman–Crippen LogP) is 2.86. The molecule has 0 saturated heterocycles. The minimum Gasteiger partial charge on any atom is -0.389 e. The zero-order valence-corrected chi connectivity index (χ0v) is 12.6. The number of fused-ring (bicyclic) bond motifs is 1. The van der Waals surface area contributed by atoms with Crippen LogP contribution in [0.5, 0.6) is 0 Å². The van der Waals surface area contributed by atoms with Gasteiger partial charge in [-0.1, -0.05) is 11.6 Å². The first-order valence-electron chi connectivity index (χ1n) is 6.53. The number of ether oxygens (including phenoxy) is 1. The number of nitrogens with one attached hydrogen (secondary N) is 1. The van der Waals surface area contributed by atoms with Crippen molar-refractivity contribution in [2.24, 2.45) is 0 Å². The van der Waals surface area contributed by atoms with Crippen molar-refractivity contribution in [3.8, 4) is 0 Å². The van der Waals surface area contributed by atoms with E-state index in [1.807, 2.05) is 23.9 Å². The van der Waals surface area contributed by atoms with Gasteiger partial charge in [0.1, 0.15) is 0 Å². The molecule has 0 amide bonds. The lowest BCUT2D eigenvalue weighted by atomic mass is 10.0. The largest absolute Gasteiger partial charge is 0.389 e. The highest BCUT2D eigenvalue weighted by Crippen LogP contribution is 2.36. The number of benzene rings is 1. The summed E-state index contributed by atoms with van der Waals surface area (Å²) in [6, 6.07) is 6.33. The molecule has 0 radical (unpaired) electrons. The minimum absolute atomic E-state index is 0.259. The maximum absolute atomic E-state index is 9.73. The van der Waals surface area contributed by atoms with Gasteiger partial charge in [-0.2, -0.15) is 0 Å². The SMILES string of the molecule is COCC(O)CNC1CCCSc2ccc(Cl)cc21. The van der Waals surface area contributed by atoms with E-state index < -0.39 is 6.10 Å². The molecule has 0 bridgehead atoms. The average Bonchev–Trinajstić information content (AvgIpc) is 2.59. The average molecular weight is 302 g/mol. The summed E-state index contributed by atoms with van der Waals surface area (Å²) >= 11 is 7.98. The molecule has 1 heterocycles. The van der Waals surface area contributed by atoms with Crippen molar-refractivity contribution < 1.29 is 9.84 Å². The number of rotatable bonds is 5. The molecule has 1 aromatic carbocycles. The molecule has 0 spiro atoms. The quantitative estimate of drug-likeness (QED) is 0.877. The molecule has 0 aliphatic carbocycles. The molecule has 0 fully saturated rings. The van der Waals surface area contributed by atoms with Gasteiger partial charge in [0, 0.05) is 29.6 Å². The van der Waals surface area contributed by atoms with E-state index >= 15 is 0 Å². The molecule has 106 valence electrons. The summed E-state index contributed by atoms with van der Waals surface area (Å²) in [4.78, 5) is 1.29. The van der Waals surface area contributed by atoms with Gasteiger partial charge in [-0.3, -0.25) is 0 Å². The van der Waals surface area contributed by atoms with Crippen molar-refractivity contribution in [2.75, 3.05) is 26.0 Å². The minimum atomic E-state index is -0.469. The Kier molecular flexibility index (Phi) is 5.98. The summed E-state index contributed by atoms with van der Waals surface area (Å²) in [6.45, 7) is 0.895. The normalized spacial score (nSPS) is 20.7. The van der Waals surface area contributed by atoms with E-state index in [-0.39, 0.29) is 6.04 Å². The second kappa shape index (κ2) is 7.50. The third-order valence-corrected chi connectivity index (χ3v) is 4.61. The van der Waals surface area contributed by atoms with Gasteiger partial charge in [0.2, 0.25) is 0 Å². The maximum atomic E-state index is 9.73. The van der Waals surface area contributed by atoms with Gasteiger partial charge in [-0.25, -0.2) is 0 Å². The lowest BCUT2D eigenvalue weighted by molar-refractivity contribution is 0.0624. The maximum Gasteiger partial charge on any atom is 0.0897 e. The second-order valence-corrected chi connectivity index (χ2v) is 6.32. The van der Waals surface area contributed by atoms with E-state index in [0.717, 1.165) is 23.6 Å². The highest BCUT2D eigenvalue weighted by molar-refractivity contribution is 7.99. The third kappa shape index (κ3) is 4.36. The van der Waals surface area contributed by atoms with Crippen LogP contribution in [0.2, 0.25) is 5.02 Å². The Labute approximate surface area is 123 Å². The summed E-state index contributed by atoms with van der Waals surface area (Å²) in [5.41, 5.74) is 1.25. The molecule has 19 heavy (non-hydrogen) atoms. The molecule has 2 unspecified atom stereocenters. The molecule has 5 heteroatoms. The molecular formula is C14H20ClNO2S. The summed E-state index contributed by atoms with van der Waals surface area (Å²) < 4.78 is 4.94. The fourth-order valence-corrected chi connectivity index (χ4v) is 3.53. The summed E-state index contributed by atoms with van der Waals surface area (Å²) in [7, 11) is 1.60. The number of hydrogen-bond donors (Lipinski definition) is 2. The Bertz CT molecular complexity index is 416. The molecular weight excluding hydrogens is 282 g/mol. The standard InChI is InChI=1S/C14H20ClNO2S/c1-18-9-11(17)8-16-13-3-2-6-19-14-5-4-10(15)7-12(13)14/h4-5,7,11,13,16-17H,2-3,6,8-9H2,1H3. The van der Waals surface area contributed by atoms with Crippen LogP contribution >= 0.6 is 23.4 Å². The van der Waals surface area contributed by atoms with E-state index in [2.05, 4.69) is 11.4 Å². The number of aliphatic hydroxyl groups is 1. The first kappa shape index (κ1) is 15.1. The summed E-state index contributed by atoms with van der Waals surface area (Å²) in [6.07, 6.45) is 1.76. The van der Waals surface area contributed by atoms with Gasteiger partial charge in [0.05, 0.1) is 12.7 Å². The van der Waals surface area contributed by atoms with Crippen LogP contribution in [0.1, 0.15) is 24.4 Å². The second-order valence-electron chi connectivity index (χ2n) is 4.74. The highest BCUT2D eigenvalue weighted by Gasteiger charge is 2.19. The molecule has 2 atom stereocenters. The van der Waals surface area contributed by atoms with Gasteiger partial charge in [-0.15, -0.1) is 11.8 Å². The van der Waals surface area contributed by atoms with Gasteiger partial charge >= 0.3 is 0 Å². The number of thioether (sulfide) groups is 1. The third-order valence-electron chi connectivity index (χ3n) is 3.20. The first-order valence-corrected chi connectivity index (χ1v) is 7.89. The van der Waals surface area contributed by atoms with Crippen LogP contribution in [0.4, 0.5) is 0 Å². The predicted molar refractivity (Wildman–Crippen MR) is 80.0 cm³/mol. The van der Waals surface area contributed by atoms with Crippen molar-refractivity contribution in [1.82, 2.24) is 5.32 Å². The van der Waals surface area contributed by atoms with E-state index in [1.165, 1.54) is 10.5 Å². The highest BCUT2D eigenvalue weighted by atomic mass is 35.5. The number of aliphatic hydroxyl groups excluding tert-OH is 1. The zero-order valence-electron chi connectivity index (χ0n) is 11.1.